The molecule has 0 aliphatic carbocycles. The van der Waals surface area contributed by atoms with Crippen LogP contribution in [0.2, 0.25) is 0 Å². The number of nitrogens with zero attached hydrogens (tertiary/aromatic N) is 1. The van der Waals surface area contributed by atoms with Gasteiger partial charge in [-0.25, -0.2) is 0 Å². The number of hydrogen-bond acceptors (Lipinski definition) is 2. The molecule has 0 fully saturated rings. The van der Waals surface area contributed by atoms with E-state index in [0.29, 0.717) is 0 Å². The minimum absolute atomic E-state index is 0.870. The number of benzene rings is 6. The molecule has 9 aromatic rings. The van der Waals surface area contributed by atoms with Gasteiger partial charge in [0.05, 0.1) is 11.0 Å². The summed E-state index contributed by atoms with van der Waals surface area (Å²) in [4.78, 5) is 0. The maximum Gasteiger partial charge on any atom is 0.143 e. The zero-order valence-electron chi connectivity index (χ0n) is 20.9. The van der Waals surface area contributed by atoms with Crippen molar-refractivity contribution < 1.29 is 8.83 Å². The van der Waals surface area contributed by atoms with Gasteiger partial charge in [0.1, 0.15) is 22.3 Å². The molecule has 0 atom stereocenters. The second-order valence-electron chi connectivity index (χ2n) is 10.1. The van der Waals surface area contributed by atoms with Crippen LogP contribution in [0.4, 0.5) is 0 Å². The van der Waals surface area contributed by atoms with Gasteiger partial charge in [-0.3, -0.25) is 0 Å². The molecule has 3 heterocycles. The average Bonchev–Trinajstić information content (AvgIpc) is 3.65. The van der Waals surface area contributed by atoms with E-state index in [1.165, 1.54) is 21.8 Å². The van der Waals surface area contributed by atoms with Gasteiger partial charge in [-0.1, -0.05) is 78.9 Å². The Kier molecular flexibility index (Phi) is 4.05. The van der Waals surface area contributed by atoms with Crippen LogP contribution in [0.5, 0.6) is 0 Å². The highest BCUT2D eigenvalue weighted by Crippen LogP contribution is 2.39. The standard InChI is InChI=1S/C36H21NO2/c1-4-13-31-25(8-1)26-9-2-5-14-32(26)37(31)23-17-19-29-28-18-16-22(20-34(28)38-35(29)21-23)24-11-7-12-30-27-10-3-6-15-33(27)39-36(24)30/h1-21H. The van der Waals surface area contributed by atoms with Crippen LogP contribution in [-0.2, 0) is 0 Å². The Morgan fingerprint density at radius 1 is 0.410 bits per heavy atom. The lowest BCUT2D eigenvalue weighted by atomic mass is 10.0. The Morgan fingerprint density at radius 2 is 1.03 bits per heavy atom. The largest absolute Gasteiger partial charge is 0.456 e. The van der Waals surface area contributed by atoms with Crippen molar-refractivity contribution in [3.8, 4) is 16.8 Å². The van der Waals surface area contributed by atoms with Gasteiger partial charge in [-0.2, -0.15) is 0 Å². The Hall–Kier alpha value is -5.28. The van der Waals surface area contributed by atoms with Crippen LogP contribution >= 0.6 is 0 Å². The normalized spacial score (nSPS) is 12.1. The van der Waals surface area contributed by atoms with Crippen LogP contribution < -0.4 is 0 Å². The Bertz CT molecular complexity index is 2350. The second-order valence-corrected chi connectivity index (χ2v) is 10.1. The molecule has 0 saturated heterocycles. The first-order valence-electron chi connectivity index (χ1n) is 13.2. The molecule has 0 saturated carbocycles. The zero-order valence-corrected chi connectivity index (χ0v) is 20.9. The van der Waals surface area contributed by atoms with E-state index in [-0.39, 0.29) is 0 Å². The molecule has 0 unspecified atom stereocenters. The molecule has 182 valence electrons. The van der Waals surface area contributed by atoms with Crippen molar-refractivity contribution in [1.29, 1.82) is 0 Å². The molecule has 0 amide bonds. The van der Waals surface area contributed by atoms with Crippen molar-refractivity contribution in [3.05, 3.63) is 127 Å². The van der Waals surface area contributed by atoms with Gasteiger partial charge in [0, 0.05) is 49.6 Å². The topological polar surface area (TPSA) is 31.2 Å². The van der Waals surface area contributed by atoms with E-state index in [0.717, 1.165) is 60.7 Å². The monoisotopic (exact) mass is 499 g/mol. The number of furan rings is 2. The second kappa shape index (κ2) is 7.62. The highest BCUT2D eigenvalue weighted by molar-refractivity contribution is 6.12. The number of hydrogen-bond donors (Lipinski definition) is 0. The number of fused-ring (bicyclic) bond motifs is 9. The van der Waals surface area contributed by atoms with Crippen LogP contribution in [0.1, 0.15) is 0 Å². The summed E-state index contributed by atoms with van der Waals surface area (Å²) in [6.45, 7) is 0. The summed E-state index contributed by atoms with van der Waals surface area (Å²) < 4.78 is 15.1. The van der Waals surface area contributed by atoms with Gasteiger partial charge in [0.2, 0.25) is 0 Å². The molecular formula is C36H21NO2. The summed E-state index contributed by atoms with van der Waals surface area (Å²) >= 11 is 0. The van der Waals surface area contributed by atoms with Gasteiger partial charge >= 0.3 is 0 Å². The van der Waals surface area contributed by atoms with Crippen molar-refractivity contribution in [1.82, 2.24) is 4.57 Å². The first kappa shape index (κ1) is 20.7. The minimum atomic E-state index is 0.870. The van der Waals surface area contributed by atoms with Gasteiger partial charge < -0.3 is 13.4 Å². The Balaban J connectivity index is 1.24. The van der Waals surface area contributed by atoms with Crippen molar-refractivity contribution in [3.63, 3.8) is 0 Å². The zero-order chi connectivity index (χ0) is 25.5. The maximum atomic E-state index is 6.50. The molecule has 39 heavy (non-hydrogen) atoms. The number of aromatic nitrogens is 1. The molecule has 3 nitrogen and oxygen atoms in total. The quantitative estimate of drug-likeness (QED) is 0.237. The van der Waals surface area contributed by atoms with Gasteiger partial charge in [-0.05, 0) is 48.0 Å². The van der Waals surface area contributed by atoms with Gasteiger partial charge in [-0.15, -0.1) is 0 Å². The summed E-state index contributed by atoms with van der Waals surface area (Å²) in [6.07, 6.45) is 0. The van der Waals surface area contributed by atoms with Crippen molar-refractivity contribution in [2.24, 2.45) is 0 Å². The molecular weight excluding hydrogens is 478 g/mol. The van der Waals surface area contributed by atoms with E-state index >= 15 is 0 Å². The predicted octanol–water partition coefficient (Wildman–Crippen LogP) is 10.2. The molecule has 0 N–H and O–H groups in total. The summed E-state index contributed by atoms with van der Waals surface area (Å²) in [7, 11) is 0. The van der Waals surface area contributed by atoms with Crippen LogP contribution in [0.25, 0.3) is 82.5 Å². The predicted molar refractivity (Wildman–Crippen MR) is 161 cm³/mol. The lowest BCUT2D eigenvalue weighted by molar-refractivity contribution is 0.668. The first-order valence-corrected chi connectivity index (χ1v) is 13.2. The summed E-state index contributed by atoms with van der Waals surface area (Å²) in [5.41, 5.74) is 9.17. The van der Waals surface area contributed by atoms with Crippen LogP contribution in [0, 0.1) is 0 Å². The summed E-state index contributed by atoms with van der Waals surface area (Å²) in [6, 6.07) is 44.7. The number of para-hydroxylation sites is 4. The van der Waals surface area contributed by atoms with E-state index in [1.807, 2.05) is 12.1 Å². The van der Waals surface area contributed by atoms with Crippen LogP contribution in [-0.4, -0.2) is 4.57 Å². The van der Waals surface area contributed by atoms with E-state index in [1.54, 1.807) is 0 Å². The molecule has 0 spiro atoms. The molecule has 0 radical (unpaired) electrons. The maximum absolute atomic E-state index is 6.50. The Morgan fingerprint density at radius 3 is 1.82 bits per heavy atom. The van der Waals surface area contributed by atoms with Crippen molar-refractivity contribution >= 4 is 65.7 Å². The molecule has 0 bridgehead atoms. The van der Waals surface area contributed by atoms with Gasteiger partial charge in [0.15, 0.2) is 0 Å². The highest BCUT2D eigenvalue weighted by Gasteiger charge is 2.16. The summed E-state index contributed by atoms with van der Waals surface area (Å²) in [5.74, 6) is 0. The molecule has 6 aromatic carbocycles. The van der Waals surface area contributed by atoms with E-state index in [9.17, 15) is 0 Å². The smallest absolute Gasteiger partial charge is 0.143 e. The lowest BCUT2D eigenvalue weighted by Gasteiger charge is -2.07. The van der Waals surface area contributed by atoms with E-state index in [4.69, 9.17) is 8.83 Å². The molecule has 3 aromatic heterocycles. The molecule has 0 aliphatic rings. The Labute approximate surface area is 223 Å². The fourth-order valence-corrected chi connectivity index (χ4v) is 6.25. The number of rotatable bonds is 2. The third-order valence-electron chi connectivity index (χ3n) is 8.01. The molecule has 9 rings (SSSR count). The SMILES string of the molecule is c1ccc2c(c1)oc1c(-c3ccc4c(c3)oc3cc(-n5c6ccccc6c6ccccc65)ccc34)cccc12. The third-order valence-corrected chi connectivity index (χ3v) is 8.01. The van der Waals surface area contributed by atoms with Crippen molar-refractivity contribution in [2.45, 2.75) is 0 Å². The molecule has 3 heteroatoms. The lowest BCUT2D eigenvalue weighted by Crippen LogP contribution is -1.93. The van der Waals surface area contributed by atoms with Crippen LogP contribution in [0.3, 0.4) is 0 Å². The highest BCUT2D eigenvalue weighted by atomic mass is 16.3. The summed E-state index contributed by atoms with van der Waals surface area (Å²) in [5, 5.41) is 6.99. The average molecular weight is 500 g/mol. The van der Waals surface area contributed by atoms with Gasteiger partial charge in [0.25, 0.3) is 0 Å². The van der Waals surface area contributed by atoms with Crippen LogP contribution in [0.15, 0.2) is 136 Å². The fraction of sp³-hybridized carbons (Fsp3) is 0. The molecule has 0 aliphatic heterocycles. The van der Waals surface area contributed by atoms with E-state index < -0.39 is 0 Å². The first-order chi connectivity index (χ1) is 19.3. The minimum Gasteiger partial charge on any atom is -0.456 e. The van der Waals surface area contributed by atoms with E-state index in [2.05, 4.69) is 120 Å². The fourth-order valence-electron chi connectivity index (χ4n) is 6.25. The third kappa shape index (κ3) is 2.87. The van der Waals surface area contributed by atoms with Crippen molar-refractivity contribution in [2.75, 3.05) is 0 Å².